The Balaban J connectivity index is 1.50. The molecule has 0 saturated carbocycles. The van der Waals surface area contributed by atoms with E-state index >= 15 is 0 Å². The van der Waals surface area contributed by atoms with E-state index < -0.39 is 0 Å². The van der Waals surface area contributed by atoms with Crippen LogP contribution in [0.25, 0.3) is 5.69 Å². The lowest BCUT2D eigenvalue weighted by Crippen LogP contribution is -2.27. The molecular weight excluding hydrogens is 566 g/mol. The van der Waals surface area contributed by atoms with E-state index in [1.165, 1.54) is 4.88 Å². The first-order valence-electron chi connectivity index (χ1n) is 12.4. The van der Waals surface area contributed by atoms with Crippen LogP contribution in [0, 0.1) is 11.3 Å². The van der Waals surface area contributed by atoms with Crippen LogP contribution in [0.3, 0.4) is 0 Å². The fourth-order valence-corrected chi connectivity index (χ4v) is 6.48. The lowest BCUT2D eigenvalue weighted by Gasteiger charge is -2.33. The SMILES string of the molecule is CC(C)(C)[C@@H]1CCc2c(sc(N=Cc3cccn3-c3ccc(Br)cc3)c2C(=O)Nc2ccc(Cl)cc2)C1. The summed E-state index contributed by atoms with van der Waals surface area (Å²) >= 11 is 11.2. The number of hydrogen-bond acceptors (Lipinski definition) is 3. The molecule has 0 unspecified atom stereocenters. The van der Waals surface area contributed by atoms with Gasteiger partial charge < -0.3 is 9.88 Å². The van der Waals surface area contributed by atoms with Crippen LogP contribution in [0.2, 0.25) is 5.02 Å². The molecule has 0 radical (unpaired) electrons. The predicted molar refractivity (Wildman–Crippen MR) is 159 cm³/mol. The molecule has 4 aromatic rings. The van der Waals surface area contributed by atoms with Crippen LogP contribution in [0.1, 0.15) is 53.7 Å². The number of nitrogens with one attached hydrogen (secondary N) is 1. The zero-order chi connectivity index (χ0) is 26.2. The van der Waals surface area contributed by atoms with Gasteiger partial charge in [-0.3, -0.25) is 4.79 Å². The van der Waals surface area contributed by atoms with Crippen molar-refractivity contribution in [2.24, 2.45) is 16.3 Å². The Morgan fingerprint density at radius 3 is 2.57 bits per heavy atom. The number of anilines is 1. The minimum absolute atomic E-state index is 0.121. The summed E-state index contributed by atoms with van der Waals surface area (Å²) in [5, 5.41) is 4.46. The topological polar surface area (TPSA) is 46.4 Å². The van der Waals surface area contributed by atoms with Crippen LogP contribution in [0.15, 0.2) is 76.3 Å². The summed E-state index contributed by atoms with van der Waals surface area (Å²) in [7, 11) is 0. The second-order valence-electron chi connectivity index (χ2n) is 10.5. The largest absolute Gasteiger partial charge is 0.322 e. The Labute approximate surface area is 235 Å². The van der Waals surface area contributed by atoms with Crippen molar-refractivity contribution in [2.45, 2.75) is 40.0 Å². The third-order valence-electron chi connectivity index (χ3n) is 7.00. The molecule has 0 spiro atoms. The van der Waals surface area contributed by atoms with Crippen molar-refractivity contribution < 1.29 is 4.79 Å². The number of benzene rings is 2. The minimum Gasteiger partial charge on any atom is -0.322 e. The van der Waals surface area contributed by atoms with Crippen LogP contribution in [-0.2, 0) is 12.8 Å². The van der Waals surface area contributed by atoms with Gasteiger partial charge in [0.1, 0.15) is 5.00 Å². The quantitative estimate of drug-likeness (QED) is 0.230. The lowest BCUT2D eigenvalue weighted by molar-refractivity contribution is 0.102. The molecule has 37 heavy (non-hydrogen) atoms. The van der Waals surface area contributed by atoms with E-state index in [2.05, 4.69) is 58.7 Å². The molecule has 2 aromatic heterocycles. The average molecular weight is 595 g/mol. The first-order valence-corrected chi connectivity index (χ1v) is 14.4. The van der Waals surface area contributed by atoms with Crippen LogP contribution in [0.5, 0.6) is 0 Å². The number of fused-ring (bicyclic) bond motifs is 1. The van der Waals surface area contributed by atoms with Crippen molar-refractivity contribution >= 4 is 61.7 Å². The molecule has 1 aliphatic carbocycles. The molecule has 0 saturated heterocycles. The molecule has 1 aliphatic rings. The highest BCUT2D eigenvalue weighted by Crippen LogP contribution is 2.45. The molecule has 0 aliphatic heterocycles. The van der Waals surface area contributed by atoms with Gasteiger partial charge in [-0.1, -0.05) is 48.3 Å². The van der Waals surface area contributed by atoms with Crippen LogP contribution >= 0.6 is 38.9 Å². The molecule has 0 fully saturated rings. The number of aliphatic imine (C=N–C) groups is 1. The Morgan fingerprint density at radius 1 is 1.14 bits per heavy atom. The summed E-state index contributed by atoms with van der Waals surface area (Å²) in [5.41, 5.74) is 4.78. The predicted octanol–water partition coefficient (Wildman–Crippen LogP) is 9.11. The first-order chi connectivity index (χ1) is 17.7. The maximum Gasteiger partial charge on any atom is 0.259 e. The summed E-state index contributed by atoms with van der Waals surface area (Å²) < 4.78 is 3.12. The molecule has 1 atom stereocenters. The second kappa shape index (κ2) is 10.6. The Morgan fingerprint density at radius 2 is 1.86 bits per heavy atom. The van der Waals surface area contributed by atoms with Gasteiger partial charge in [-0.15, -0.1) is 11.3 Å². The first kappa shape index (κ1) is 26.0. The highest BCUT2D eigenvalue weighted by atomic mass is 79.9. The standard InChI is InChI=1S/C30H29BrClN3OS/c1-30(2,3)19-6-15-25-26(17-19)37-29(27(25)28(36)34-22-11-9-21(32)10-12-22)33-18-24-5-4-16-35(24)23-13-7-20(31)8-14-23/h4-5,7-14,16,18-19H,6,15,17H2,1-3H3,(H,34,36)/t19-/m1/s1. The summed E-state index contributed by atoms with van der Waals surface area (Å²) in [5.74, 6) is 0.460. The fraction of sp³-hybridized carbons (Fsp3) is 0.267. The zero-order valence-electron chi connectivity index (χ0n) is 21.1. The molecule has 7 heteroatoms. The zero-order valence-corrected chi connectivity index (χ0v) is 24.3. The number of carbonyl (C=O) groups is 1. The molecule has 4 nitrogen and oxygen atoms in total. The van der Waals surface area contributed by atoms with E-state index in [-0.39, 0.29) is 11.3 Å². The van der Waals surface area contributed by atoms with E-state index in [0.29, 0.717) is 16.5 Å². The van der Waals surface area contributed by atoms with E-state index in [1.807, 2.05) is 48.8 Å². The van der Waals surface area contributed by atoms with Crippen LogP contribution < -0.4 is 5.32 Å². The number of amides is 1. The average Bonchev–Trinajstić information content (AvgIpc) is 3.48. The number of hydrogen-bond donors (Lipinski definition) is 1. The summed E-state index contributed by atoms with van der Waals surface area (Å²) in [4.78, 5) is 19.8. The Hall–Kier alpha value is -2.67. The molecular formula is C30H29BrClN3OS. The van der Waals surface area contributed by atoms with E-state index in [4.69, 9.17) is 16.6 Å². The second-order valence-corrected chi connectivity index (χ2v) is 12.9. The van der Waals surface area contributed by atoms with E-state index in [1.54, 1.807) is 23.5 Å². The molecule has 190 valence electrons. The van der Waals surface area contributed by atoms with Crippen molar-refractivity contribution in [1.82, 2.24) is 4.57 Å². The lowest BCUT2D eigenvalue weighted by atomic mass is 9.72. The number of carbonyl (C=O) groups excluding carboxylic acids is 1. The van der Waals surface area contributed by atoms with Crippen LogP contribution in [0.4, 0.5) is 10.7 Å². The number of rotatable bonds is 5. The van der Waals surface area contributed by atoms with Crippen LogP contribution in [-0.4, -0.2) is 16.7 Å². The van der Waals surface area contributed by atoms with Gasteiger partial charge in [0.2, 0.25) is 0 Å². The normalized spacial score (nSPS) is 15.6. The van der Waals surface area contributed by atoms with Crippen molar-refractivity contribution in [2.75, 3.05) is 5.32 Å². The van der Waals surface area contributed by atoms with E-state index in [0.717, 1.165) is 51.4 Å². The van der Waals surface area contributed by atoms with Crippen molar-refractivity contribution in [3.8, 4) is 5.69 Å². The highest BCUT2D eigenvalue weighted by Gasteiger charge is 2.33. The Bertz CT molecular complexity index is 1450. The van der Waals surface area contributed by atoms with Gasteiger partial charge in [-0.05, 0) is 96.8 Å². The van der Waals surface area contributed by atoms with Gasteiger partial charge in [-0.25, -0.2) is 4.99 Å². The van der Waals surface area contributed by atoms with E-state index in [9.17, 15) is 4.79 Å². The Kier molecular flexibility index (Phi) is 7.44. The smallest absolute Gasteiger partial charge is 0.259 e. The van der Waals surface area contributed by atoms with Gasteiger partial charge in [0.25, 0.3) is 5.91 Å². The molecule has 1 amide bonds. The highest BCUT2D eigenvalue weighted by molar-refractivity contribution is 9.10. The number of thiophene rings is 1. The van der Waals surface area contributed by atoms with Gasteiger partial charge in [0.05, 0.1) is 17.5 Å². The van der Waals surface area contributed by atoms with Crippen molar-refractivity contribution in [3.05, 3.63) is 98.1 Å². The van der Waals surface area contributed by atoms with Gasteiger partial charge in [0.15, 0.2) is 0 Å². The number of aromatic nitrogens is 1. The summed E-state index contributed by atoms with van der Waals surface area (Å²) in [6, 6.07) is 19.4. The number of halogens is 2. The number of nitrogens with zero attached hydrogens (tertiary/aromatic N) is 2. The summed E-state index contributed by atoms with van der Waals surface area (Å²) in [6.45, 7) is 6.92. The molecule has 5 rings (SSSR count). The van der Waals surface area contributed by atoms with Gasteiger partial charge in [0, 0.05) is 31.9 Å². The molecule has 2 heterocycles. The molecule has 2 aromatic carbocycles. The third kappa shape index (κ3) is 5.77. The maximum atomic E-state index is 13.6. The van der Waals surface area contributed by atoms with Gasteiger partial charge >= 0.3 is 0 Å². The monoisotopic (exact) mass is 593 g/mol. The maximum absolute atomic E-state index is 13.6. The molecule has 1 N–H and O–H groups in total. The minimum atomic E-state index is -0.121. The van der Waals surface area contributed by atoms with Crippen molar-refractivity contribution in [3.63, 3.8) is 0 Å². The third-order valence-corrected chi connectivity index (χ3v) is 8.94. The molecule has 0 bridgehead atoms. The van der Waals surface area contributed by atoms with Crippen molar-refractivity contribution in [1.29, 1.82) is 0 Å². The van der Waals surface area contributed by atoms with Gasteiger partial charge in [-0.2, -0.15) is 0 Å². The summed E-state index contributed by atoms with van der Waals surface area (Å²) in [6.07, 6.45) is 6.83. The fourth-order valence-electron chi connectivity index (χ4n) is 4.82.